The lowest BCUT2D eigenvalue weighted by atomic mass is 9.92. The van der Waals surface area contributed by atoms with Crippen LogP contribution in [0.4, 0.5) is 9.59 Å². The van der Waals surface area contributed by atoms with Crippen LogP contribution in [0, 0.1) is 17.2 Å². The zero-order chi connectivity index (χ0) is 24.6. The fraction of sp³-hybridized carbons (Fsp3) is 0.840. The topological polar surface area (TPSA) is 99.9 Å². The number of rotatable bonds is 0. The van der Waals surface area contributed by atoms with E-state index in [2.05, 4.69) is 6.07 Å². The largest absolute Gasteiger partial charge is 0.444 e. The van der Waals surface area contributed by atoms with Gasteiger partial charge < -0.3 is 19.3 Å². The van der Waals surface area contributed by atoms with Crippen molar-refractivity contribution in [1.82, 2.24) is 9.80 Å². The van der Waals surface area contributed by atoms with Gasteiger partial charge in [-0.15, -0.1) is 0 Å². The Morgan fingerprint density at radius 2 is 1.15 bits per heavy atom. The van der Waals surface area contributed by atoms with Crippen LogP contribution in [0.1, 0.15) is 92.9 Å². The predicted octanol–water partition coefficient (Wildman–Crippen LogP) is 4.81. The maximum atomic E-state index is 12.1. The third-order valence-electron chi connectivity index (χ3n) is 6.67. The molecule has 4 bridgehead atoms. The molecule has 4 saturated heterocycles. The fourth-order valence-corrected chi connectivity index (χ4v) is 5.48. The smallest absolute Gasteiger partial charge is 0.410 e. The first-order valence-corrected chi connectivity index (χ1v) is 12.2. The molecular weight excluding hydrogens is 422 g/mol. The first-order valence-electron chi connectivity index (χ1n) is 12.2. The van der Waals surface area contributed by atoms with E-state index in [-0.39, 0.29) is 48.1 Å². The monoisotopic (exact) mass is 461 g/mol. The zero-order valence-electron chi connectivity index (χ0n) is 20.9. The minimum absolute atomic E-state index is 0.0844. The van der Waals surface area contributed by atoms with Gasteiger partial charge in [0, 0.05) is 37.0 Å². The van der Waals surface area contributed by atoms with Crippen LogP contribution in [0.5, 0.6) is 0 Å². The maximum absolute atomic E-state index is 12.1. The zero-order valence-corrected chi connectivity index (χ0v) is 20.9. The summed E-state index contributed by atoms with van der Waals surface area (Å²) < 4.78 is 10.8. The Labute approximate surface area is 197 Å². The minimum atomic E-state index is -0.460. The first kappa shape index (κ1) is 25.3. The molecule has 0 saturated carbocycles. The number of hydrogen-bond acceptors (Lipinski definition) is 6. The van der Waals surface area contributed by atoms with Crippen molar-refractivity contribution in [2.45, 2.75) is 128 Å². The molecule has 0 radical (unpaired) electrons. The minimum Gasteiger partial charge on any atom is -0.444 e. The van der Waals surface area contributed by atoms with Crippen molar-refractivity contribution in [2.24, 2.45) is 5.92 Å². The molecule has 4 fully saturated rings. The molecular formula is C25H39N3O5. The van der Waals surface area contributed by atoms with Crippen molar-refractivity contribution >= 4 is 18.0 Å². The van der Waals surface area contributed by atoms with Crippen LogP contribution >= 0.6 is 0 Å². The number of nitriles is 1. The van der Waals surface area contributed by atoms with Gasteiger partial charge in [-0.2, -0.15) is 5.26 Å². The van der Waals surface area contributed by atoms with Crippen LogP contribution in [-0.4, -0.2) is 63.1 Å². The van der Waals surface area contributed by atoms with E-state index in [4.69, 9.17) is 14.7 Å². The van der Waals surface area contributed by atoms with Gasteiger partial charge >= 0.3 is 12.2 Å². The van der Waals surface area contributed by atoms with Gasteiger partial charge in [-0.05, 0) is 80.1 Å². The number of amides is 2. The summed E-state index contributed by atoms with van der Waals surface area (Å²) in [6.07, 6.45) is 6.09. The average molecular weight is 462 g/mol. The molecule has 0 N–H and O–H groups in total. The van der Waals surface area contributed by atoms with Crippen LogP contribution in [0.25, 0.3) is 0 Å². The van der Waals surface area contributed by atoms with E-state index < -0.39 is 11.2 Å². The Hall–Kier alpha value is -2.30. The van der Waals surface area contributed by atoms with Gasteiger partial charge in [0.05, 0.1) is 12.0 Å². The summed E-state index contributed by atoms with van der Waals surface area (Å²) in [6, 6.07) is 2.93. The highest BCUT2D eigenvalue weighted by molar-refractivity contribution is 5.83. The van der Waals surface area contributed by atoms with Crippen LogP contribution in [0.15, 0.2) is 0 Å². The molecule has 0 aromatic rings. The Balaban J connectivity index is 0.000000186. The lowest BCUT2D eigenvalue weighted by molar-refractivity contribution is -0.123. The SMILES string of the molecule is CC(C)(C)OC(=O)N1[C@@H]2CC[C@H]1CC(=O)C2.CC(C)(C)OC(=O)N1[C@@H]2CC[C@H]1CC(C#N)C2. The van der Waals surface area contributed by atoms with E-state index in [0.717, 1.165) is 38.5 Å². The molecule has 0 aliphatic carbocycles. The third kappa shape index (κ3) is 6.39. The van der Waals surface area contributed by atoms with E-state index in [1.54, 1.807) is 4.90 Å². The molecule has 4 aliphatic heterocycles. The fourth-order valence-electron chi connectivity index (χ4n) is 5.48. The van der Waals surface area contributed by atoms with Crippen LogP contribution in [0.3, 0.4) is 0 Å². The summed E-state index contributed by atoms with van der Waals surface area (Å²) in [5, 5.41) is 8.98. The molecule has 0 aromatic carbocycles. The van der Waals surface area contributed by atoms with E-state index in [9.17, 15) is 14.4 Å². The Morgan fingerprint density at radius 3 is 1.52 bits per heavy atom. The van der Waals surface area contributed by atoms with E-state index in [1.165, 1.54) is 0 Å². The molecule has 5 atom stereocenters. The number of Topliss-reactive ketones (excluding diaryl/α,β-unsaturated/α-hetero) is 1. The van der Waals surface area contributed by atoms with E-state index in [1.807, 2.05) is 46.4 Å². The summed E-state index contributed by atoms with van der Waals surface area (Å²) in [6.45, 7) is 11.2. The van der Waals surface area contributed by atoms with Crippen molar-refractivity contribution in [3.8, 4) is 6.07 Å². The summed E-state index contributed by atoms with van der Waals surface area (Å²) in [7, 11) is 0. The molecule has 4 aliphatic rings. The average Bonchev–Trinajstić information content (AvgIpc) is 3.10. The molecule has 1 unspecified atom stereocenters. The quantitative estimate of drug-likeness (QED) is 0.513. The summed E-state index contributed by atoms with van der Waals surface area (Å²) in [4.78, 5) is 39.1. The number of fused-ring (bicyclic) bond motifs is 4. The predicted molar refractivity (Wildman–Crippen MR) is 122 cm³/mol. The van der Waals surface area contributed by atoms with Gasteiger partial charge in [-0.1, -0.05) is 0 Å². The Kier molecular flexibility index (Phi) is 7.30. The van der Waals surface area contributed by atoms with Crippen molar-refractivity contribution in [2.75, 3.05) is 0 Å². The molecule has 8 nitrogen and oxygen atoms in total. The van der Waals surface area contributed by atoms with Gasteiger partial charge in [0.1, 0.15) is 17.0 Å². The van der Waals surface area contributed by atoms with Crippen molar-refractivity contribution in [3.05, 3.63) is 0 Å². The van der Waals surface area contributed by atoms with Crippen molar-refractivity contribution in [1.29, 1.82) is 5.26 Å². The number of ketones is 1. The summed E-state index contributed by atoms with van der Waals surface area (Å²) in [5.41, 5.74) is -0.902. The number of carbonyl (C=O) groups is 3. The molecule has 184 valence electrons. The molecule has 4 rings (SSSR count). The van der Waals surface area contributed by atoms with Gasteiger partial charge in [-0.3, -0.25) is 4.79 Å². The van der Waals surface area contributed by atoms with Gasteiger partial charge in [0.15, 0.2) is 0 Å². The lowest BCUT2D eigenvalue weighted by Crippen LogP contribution is -2.48. The maximum Gasteiger partial charge on any atom is 0.410 e. The molecule has 4 heterocycles. The second-order valence-corrected chi connectivity index (χ2v) is 11.8. The van der Waals surface area contributed by atoms with Crippen LogP contribution in [-0.2, 0) is 14.3 Å². The summed E-state index contributed by atoms with van der Waals surface area (Å²) in [5.74, 6) is 0.401. The molecule has 0 spiro atoms. The third-order valence-corrected chi connectivity index (χ3v) is 6.67. The van der Waals surface area contributed by atoms with Crippen LogP contribution < -0.4 is 0 Å². The highest BCUT2D eigenvalue weighted by Crippen LogP contribution is 2.39. The van der Waals surface area contributed by atoms with E-state index in [0.29, 0.717) is 12.8 Å². The van der Waals surface area contributed by atoms with Gasteiger partial charge in [0.25, 0.3) is 0 Å². The Morgan fingerprint density at radius 1 is 0.788 bits per heavy atom. The van der Waals surface area contributed by atoms with E-state index >= 15 is 0 Å². The highest BCUT2D eigenvalue weighted by atomic mass is 16.6. The Bertz CT molecular complexity index is 776. The molecule has 2 amide bonds. The molecule has 8 heteroatoms. The van der Waals surface area contributed by atoms with Crippen molar-refractivity contribution in [3.63, 3.8) is 0 Å². The van der Waals surface area contributed by atoms with Crippen molar-refractivity contribution < 1.29 is 23.9 Å². The highest BCUT2D eigenvalue weighted by Gasteiger charge is 2.45. The second-order valence-electron chi connectivity index (χ2n) is 11.8. The normalized spacial score (nSPS) is 30.8. The number of carbonyl (C=O) groups excluding carboxylic acids is 3. The lowest BCUT2D eigenvalue weighted by Gasteiger charge is -2.37. The number of ether oxygens (including phenoxy) is 2. The molecule has 33 heavy (non-hydrogen) atoms. The molecule has 0 aromatic heterocycles. The van der Waals surface area contributed by atoms with Crippen LogP contribution in [0.2, 0.25) is 0 Å². The summed E-state index contributed by atoms with van der Waals surface area (Å²) >= 11 is 0. The van der Waals surface area contributed by atoms with Gasteiger partial charge in [0.2, 0.25) is 0 Å². The number of piperidine rings is 2. The second kappa shape index (κ2) is 9.52. The first-order chi connectivity index (χ1) is 15.3. The number of hydrogen-bond donors (Lipinski definition) is 0. The number of nitrogens with zero attached hydrogens (tertiary/aromatic N) is 3. The standard InChI is InChI=1S/C13H20N2O2.C12H19NO3/c1-13(2,3)17-12(16)15-10-4-5-11(15)7-9(6-10)8-14;1-12(2,3)16-11(15)13-8-4-5-9(13)7-10(14)6-8/h9-11H,4-7H2,1-3H3;8-9H,4-7H2,1-3H3/t9?,10-,11+;8-,9+. The van der Waals surface area contributed by atoms with Gasteiger partial charge in [-0.25, -0.2) is 9.59 Å².